The molecule has 1 aliphatic heterocycles. The van der Waals surface area contributed by atoms with Gasteiger partial charge >= 0.3 is 5.97 Å². The number of fused-ring (bicyclic) bond motifs is 3. The summed E-state index contributed by atoms with van der Waals surface area (Å²) in [5.41, 5.74) is 3.89. The molecule has 0 spiro atoms. The molecule has 31 heavy (non-hydrogen) atoms. The first kappa shape index (κ1) is 20.7. The van der Waals surface area contributed by atoms with Gasteiger partial charge in [0.05, 0.1) is 31.3 Å². The molecule has 0 fully saturated rings. The lowest BCUT2D eigenvalue weighted by Gasteiger charge is -2.07. The summed E-state index contributed by atoms with van der Waals surface area (Å²) in [5, 5.41) is 10.6. The minimum absolute atomic E-state index is 0.0765. The SMILES string of the molecule is CCOC(=O)CC1=Nc2c(C#N)c3ccccn3c2C(=Nc2ccc(OC)cc2)SC1. The molecule has 0 bridgehead atoms. The summed E-state index contributed by atoms with van der Waals surface area (Å²) >= 11 is 1.49. The molecule has 2 aromatic heterocycles. The van der Waals surface area contributed by atoms with Gasteiger partial charge in [-0.2, -0.15) is 5.26 Å². The topological polar surface area (TPSA) is 88.5 Å². The third kappa shape index (κ3) is 4.18. The lowest BCUT2D eigenvalue weighted by Crippen LogP contribution is -2.13. The standard InChI is InChI=1S/C23H20N4O3S/c1-3-30-20(28)12-16-14-31-23(26-15-7-9-17(29-2)10-8-15)22-21(25-16)18(13-24)19-6-4-5-11-27(19)22/h4-11H,3,12,14H2,1-2H3. The van der Waals surface area contributed by atoms with Crippen LogP contribution in [0.2, 0.25) is 0 Å². The average Bonchev–Trinajstić information content (AvgIpc) is 2.99. The monoisotopic (exact) mass is 432 g/mol. The first-order chi connectivity index (χ1) is 15.1. The second kappa shape index (κ2) is 9.06. The second-order valence-corrected chi connectivity index (χ2v) is 7.67. The quantitative estimate of drug-likeness (QED) is 0.547. The molecule has 7 nitrogen and oxygen atoms in total. The summed E-state index contributed by atoms with van der Waals surface area (Å²) < 4.78 is 12.2. The fourth-order valence-electron chi connectivity index (χ4n) is 3.36. The Bertz CT molecular complexity index is 1240. The summed E-state index contributed by atoms with van der Waals surface area (Å²) in [5.74, 6) is 0.890. The zero-order valence-corrected chi connectivity index (χ0v) is 18.0. The van der Waals surface area contributed by atoms with E-state index in [1.807, 2.05) is 53.1 Å². The van der Waals surface area contributed by atoms with Crippen molar-refractivity contribution in [1.29, 1.82) is 5.26 Å². The summed E-state index contributed by atoms with van der Waals surface area (Å²) in [4.78, 5) is 21.7. The number of esters is 1. The van der Waals surface area contributed by atoms with Gasteiger partial charge in [-0.25, -0.2) is 4.99 Å². The van der Waals surface area contributed by atoms with Crippen molar-refractivity contribution in [2.45, 2.75) is 13.3 Å². The normalized spacial score (nSPS) is 14.5. The van der Waals surface area contributed by atoms with Crippen molar-refractivity contribution in [2.24, 2.45) is 9.98 Å². The third-order valence-corrected chi connectivity index (χ3v) is 5.77. The highest BCUT2D eigenvalue weighted by molar-refractivity contribution is 8.15. The molecule has 8 heteroatoms. The predicted octanol–water partition coefficient (Wildman–Crippen LogP) is 4.67. The summed E-state index contributed by atoms with van der Waals surface area (Å²) in [7, 11) is 1.62. The number of aromatic nitrogens is 1. The molecule has 0 amide bonds. The molecule has 4 rings (SSSR count). The van der Waals surface area contributed by atoms with E-state index in [4.69, 9.17) is 19.5 Å². The zero-order chi connectivity index (χ0) is 21.8. The number of rotatable bonds is 5. The van der Waals surface area contributed by atoms with Crippen molar-refractivity contribution in [3.8, 4) is 11.8 Å². The van der Waals surface area contributed by atoms with Gasteiger partial charge < -0.3 is 13.9 Å². The molecule has 0 radical (unpaired) electrons. The number of pyridine rings is 1. The number of benzene rings is 1. The second-order valence-electron chi connectivity index (χ2n) is 6.70. The summed E-state index contributed by atoms with van der Waals surface area (Å²) in [6, 6.07) is 15.4. The molecule has 0 unspecified atom stereocenters. The Morgan fingerprint density at radius 3 is 2.81 bits per heavy atom. The number of methoxy groups -OCH3 is 1. The fraction of sp³-hybridized carbons (Fsp3) is 0.217. The van der Waals surface area contributed by atoms with Crippen LogP contribution in [0.5, 0.6) is 5.75 Å². The van der Waals surface area contributed by atoms with Crippen molar-refractivity contribution in [3.63, 3.8) is 0 Å². The van der Waals surface area contributed by atoms with E-state index in [1.54, 1.807) is 14.0 Å². The maximum Gasteiger partial charge on any atom is 0.311 e. The number of carbonyl (C=O) groups is 1. The molecule has 0 aliphatic carbocycles. The van der Waals surface area contributed by atoms with E-state index < -0.39 is 0 Å². The molecular weight excluding hydrogens is 412 g/mol. The Labute approximate surface area is 184 Å². The number of aliphatic imine (C=N–C) groups is 2. The van der Waals surface area contributed by atoms with Crippen LogP contribution in [0.4, 0.5) is 11.4 Å². The highest BCUT2D eigenvalue weighted by atomic mass is 32.2. The lowest BCUT2D eigenvalue weighted by atomic mass is 10.2. The van der Waals surface area contributed by atoms with Gasteiger partial charge in [0, 0.05) is 17.7 Å². The van der Waals surface area contributed by atoms with Gasteiger partial charge in [-0.15, -0.1) is 0 Å². The number of hydrogen-bond donors (Lipinski definition) is 0. The van der Waals surface area contributed by atoms with E-state index in [9.17, 15) is 10.1 Å². The van der Waals surface area contributed by atoms with Crippen molar-refractivity contribution in [3.05, 3.63) is 59.9 Å². The Hall–Kier alpha value is -3.57. The molecule has 1 aromatic carbocycles. The molecule has 0 saturated carbocycles. The highest BCUT2D eigenvalue weighted by Gasteiger charge is 2.26. The maximum atomic E-state index is 12.1. The molecule has 0 saturated heterocycles. The van der Waals surface area contributed by atoms with Crippen LogP contribution in [0, 0.1) is 11.3 Å². The van der Waals surface area contributed by atoms with Crippen LogP contribution in [0.15, 0.2) is 58.6 Å². The number of carbonyl (C=O) groups excluding carboxylic acids is 1. The van der Waals surface area contributed by atoms with E-state index in [1.165, 1.54) is 11.8 Å². The number of thioether (sulfide) groups is 1. The summed E-state index contributed by atoms with van der Waals surface area (Å²) in [6.07, 6.45) is 1.97. The van der Waals surface area contributed by atoms with Gasteiger partial charge in [-0.3, -0.25) is 9.79 Å². The molecule has 3 aromatic rings. The van der Waals surface area contributed by atoms with E-state index in [0.29, 0.717) is 29.3 Å². The fourth-order valence-corrected chi connectivity index (χ4v) is 4.33. The molecule has 1 aliphatic rings. The smallest absolute Gasteiger partial charge is 0.311 e. The number of nitriles is 1. The van der Waals surface area contributed by atoms with Gasteiger partial charge in [-0.05, 0) is 43.3 Å². The van der Waals surface area contributed by atoms with Crippen LogP contribution in [0.3, 0.4) is 0 Å². The minimum Gasteiger partial charge on any atom is -0.497 e. The van der Waals surface area contributed by atoms with Gasteiger partial charge in [-0.1, -0.05) is 17.8 Å². The van der Waals surface area contributed by atoms with E-state index in [0.717, 1.165) is 27.7 Å². The van der Waals surface area contributed by atoms with Crippen molar-refractivity contribution >= 4 is 45.4 Å². The van der Waals surface area contributed by atoms with E-state index >= 15 is 0 Å². The third-order valence-electron chi connectivity index (χ3n) is 4.73. The number of nitrogens with zero attached hydrogens (tertiary/aromatic N) is 4. The van der Waals surface area contributed by atoms with Crippen LogP contribution in [0.1, 0.15) is 24.6 Å². The van der Waals surface area contributed by atoms with E-state index in [-0.39, 0.29) is 12.4 Å². The summed E-state index contributed by atoms with van der Waals surface area (Å²) in [6.45, 7) is 2.09. The van der Waals surface area contributed by atoms with Crippen LogP contribution in [0.25, 0.3) is 5.52 Å². The molecule has 156 valence electrons. The van der Waals surface area contributed by atoms with Gasteiger partial charge in [0.15, 0.2) is 0 Å². The van der Waals surface area contributed by atoms with Crippen LogP contribution < -0.4 is 4.74 Å². The first-order valence-corrected chi connectivity index (χ1v) is 10.7. The average molecular weight is 433 g/mol. The maximum absolute atomic E-state index is 12.1. The van der Waals surface area contributed by atoms with Crippen LogP contribution in [-0.2, 0) is 9.53 Å². The van der Waals surface area contributed by atoms with Crippen LogP contribution in [-0.4, -0.2) is 40.6 Å². The van der Waals surface area contributed by atoms with Crippen LogP contribution >= 0.6 is 11.8 Å². The minimum atomic E-state index is -0.332. The lowest BCUT2D eigenvalue weighted by molar-refractivity contribution is -0.141. The molecular formula is C23H20N4O3S. The van der Waals surface area contributed by atoms with Crippen molar-refractivity contribution in [2.75, 3.05) is 19.5 Å². The zero-order valence-electron chi connectivity index (χ0n) is 17.2. The first-order valence-electron chi connectivity index (χ1n) is 9.75. The van der Waals surface area contributed by atoms with Gasteiger partial charge in [0.25, 0.3) is 0 Å². The largest absolute Gasteiger partial charge is 0.497 e. The van der Waals surface area contributed by atoms with Gasteiger partial charge in [0.2, 0.25) is 0 Å². The number of hydrogen-bond acceptors (Lipinski definition) is 7. The van der Waals surface area contributed by atoms with E-state index in [2.05, 4.69) is 6.07 Å². The molecule has 0 atom stereocenters. The van der Waals surface area contributed by atoms with Crippen molar-refractivity contribution < 1.29 is 14.3 Å². The molecule has 0 N–H and O–H groups in total. The number of ether oxygens (including phenoxy) is 2. The van der Waals surface area contributed by atoms with Crippen molar-refractivity contribution in [1.82, 2.24) is 4.40 Å². The van der Waals surface area contributed by atoms with Gasteiger partial charge in [0.1, 0.15) is 33.8 Å². The molecule has 3 heterocycles. The Balaban J connectivity index is 1.87. The Kier molecular flexibility index (Phi) is 6.05. The Morgan fingerprint density at radius 1 is 1.29 bits per heavy atom. The Morgan fingerprint density at radius 2 is 2.10 bits per heavy atom. The highest BCUT2D eigenvalue weighted by Crippen LogP contribution is 2.37. The predicted molar refractivity (Wildman–Crippen MR) is 122 cm³/mol.